The van der Waals surface area contributed by atoms with Crippen LogP contribution in [0.2, 0.25) is 0 Å². The normalized spacial score (nSPS) is 28.5. The molecular weight excluding hydrogens is 364 g/mol. The van der Waals surface area contributed by atoms with Gasteiger partial charge >= 0.3 is 0 Å². The molecule has 148 valence electrons. The molecule has 0 bridgehead atoms. The van der Waals surface area contributed by atoms with Crippen molar-refractivity contribution >= 4 is 17.5 Å². The van der Waals surface area contributed by atoms with Gasteiger partial charge in [-0.25, -0.2) is 0 Å². The zero-order valence-corrected chi connectivity index (χ0v) is 17.1. The van der Waals surface area contributed by atoms with Crippen molar-refractivity contribution in [2.75, 3.05) is 11.4 Å². The highest BCUT2D eigenvalue weighted by molar-refractivity contribution is 6.09. The van der Waals surface area contributed by atoms with Crippen LogP contribution in [0.1, 0.15) is 32.8 Å². The summed E-state index contributed by atoms with van der Waals surface area (Å²) < 4.78 is 1.66. The minimum Gasteiger partial charge on any atom is -0.297 e. The highest BCUT2D eigenvalue weighted by atomic mass is 16.2. The fourth-order valence-electron chi connectivity index (χ4n) is 5.19. The molecule has 1 aliphatic heterocycles. The van der Waals surface area contributed by atoms with Gasteiger partial charge in [0.2, 0.25) is 5.91 Å². The Morgan fingerprint density at radius 1 is 1.10 bits per heavy atom. The van der Waals surface area contributed by atoms with Crippen LogP contribution in [0.15, 0.2) is 54.2 Å². The van der Waals surface area contributed by atoms with Crippen LogP contribution < -0.4 is 4.90 Å². The zero-order chi connectivity index (χ0) is 21.0. The molecule has 1 fully saturated rings. The van der Waals surface area contributed by atoms with Gasteiger partial charge in [-0.05, 0) is 38.3 Å². The van der Waals surface area contributed by atoms with E-state index in [4.69, 9.17) is 0 Å². The van der Waals surface area contributed by atoms with Gasteiger partial charge in [-0.1, -0.05) is 36.4 Å². The molecule has 2 heterocycles. The molecule has 0 radical (unpaired) electrons. The van der Waals surface area contributed by atoms with Gasteiger partial charge in [0.15, 0.2) is 5.78 Å². The minimum atomic E-state index is -1.26. The average Bonchev–Trinajstić information content (AvgIpc) is 3.14. The number of carbonyl (C=O) groups is 2. The maximum absolute atomic E-state index is 14.2. The van der Waals surface area contributed by atoms with E-state index in [2.05, 4.69) is 11.2 Å². The lowest BCUT2D eigenvalue weighted by molar-refractivity contribution is -0.139. The van der Waals surface area contributed by atoms with E-state index in [1.165, 1.54) is 0 Å². The molecule has 29 heavy (non-hydrogen) atoms. The molecule has 6 nitrogen and oxygen atoms in total. The van der Waals surface area contributed by atoms with Crippen LogP contribution in [0.3, 0.4) is 0 Å². The van der Waals surface area contributed by atoms with Crippen LogP contribution in [0, 0.1) is 22.2 Å². The number of fused-ring (bicyclic) bond motifs is 1. The second-order valence-corrected chi connectivity index (χ2v) is 8.69. The standard InChI is InChI=1S/C23H24N4O2/c1-21(2)17-11-13-27(18-10-12-25-26(18)4)20(29)23(17,16-8-6-5-7-9-16)14-22(3,15-24)19(21)28/h5-12H,13-14H2,1-4H3/t22?,23-/m1/s1. The first-order valence-corrected chi connectivity index (χ1v) is 9.71. The Bertz CT molecular complexity index is 1080. The molecule has 6 heteroatoms. The van der Waals surface area contributed by atoms with E-state index in [9.17, 15) is 14.9 Å². The lowest BCUT2D eigenvalue weighted by Crippen LogP contribution is -2.62. The van der Waals surface area contributed by atoms with Crippen molar-refractivity contribution < 1.29 is 9.59 Å². The zero-order valence-electron chi connectivity index (χ0n) is 17.1. The molecule has 0 saturated heterocycles. The molecule has 0 spiro atoms. The second-order valence-electron chi connectivity index (χ2n) is 8.69. The van der Waals surface area contributed by atoms with E-state index in [0.29, 0.717) is 12.4 Å². The van der Waals surface area contributed by atoms with Crippen LogP contribution in [0.4, 0.5) is 5.82 Å². The minimum absolute atomic E-state index is 0.119. The van der Waals surface area contributed by atoms with Gasteiger partial charge in [-0.3, -0.25) is 19.2 Å². The number of nitriles is 1. The predicted octanol–water partition coefficient (Wildman–Crippen LogP) is 3.16. The third-order valence-electron chi connectivity index (χ3n) is 6.49. The average molecular weight is 388 g/mol. The summed E-state index contributed by atoms with van der Waals surface area (Å²) in [7, 11) is 1.80. The van der Waals surface area contributed by atoms with Crippen molar-refractivity contribution in [3.05, 3.63) is 59.8 Å². The molecule has 2 aromatic rings. The molecule has 1 unspecified atom stereocenters. The summed E-state index contributed by atoms with van der Waals surface area (Å²) in [6, 6.07) is 13.6. The first-order valence-electron chi connectivity index (χ1n) is 9.71. The Hall–Kier alpha value is -3.20. The van der Waals surface area contributed by atoms with Gasteiger partial charge in [0, 0.05) is 25.1 Å². The summed E-state index contributed by atoms with van der Waals surface area (Å²) in [5, 5.41) is 14.2. The number of rotatable bonds is 2. The van der Waals surface area contributed by atoms with Gasteiger partial charge in [0.1, 0.15) is 11.2 Å². The fraction of sp³-hybridized carbons (Fsp3) is 0.391. The number of anilines is 1. The summed E-state index contributed by atoms with van der Waals surface area (Å²) in [6.07, 6.45) is 3.78. The lowest BCUT2D eigenvalue weighted by Gasteiger charge is -2.54. The van der Waals surface area contributed by atoms with Crippen molar-refractivity contribution in [1.29, 1.82) is 5.26 Å². The Balaban J connectivity index is 2.02. The van der Waals surface area contributed by atoms with Crippen LogP contribution in [0.25, 0.3) is 0 Å². The number of benzene rings is 1. The number of carbonyl (C=O) groups excluding carboxylic acids is 2. The predicted molar refractivity (Wildman–Crippen MR) is 109 cm³/mol. The van der Waals surface area contributed by atoms with E-state index >= 15 is 0 Å². The van der Waals surface area contributed by atoms with E-state index in [0.717, 1.165) is 11.1 Å². The van der Waals surface area contributed by atoms with Crippen LogP contribution >= 0.6 is 0 Å². The Morgan fingerprint density at radius 3 is 2.38 bits per heavy atom. The number of hydrogen-bond acceptors (Lipinski definition) is 4. The maximum atomic E-state index is 14.2. The second kappa shape index (κ2) is 6.15. The third-order valence-corrected chi connectivity index (χ3v) is 6.49. The van der Waals surface area contributed by atoms with Crippen LogP contribution in [0.5, 0.6) is 0 Å². The van der Waals surface area contributed by atoms with Gasteiger partial charge in [-0.2, -0.15) is 10.4 Å². The lowest BCUT2D eigenvalue weighted by atomic mass is 9.48. The number of Topliss-reactive ketones (excluding diaryl/α,β-unsaturated/α-hetero) is 1. The summed E-state index contributed by atoms with van der Waals surface area (Å²) >= 11 is 0. The third kappa shape index (κ3) is 2.43. The summed E-state index contributed by atoms with van der Waals surface area (Å²) in [6.45, 7) is 5.69. The largest absolute Gasteiger partial charge is 0.297 e. The highest BCUT2D eigenvalue weighted by Gasteiger charge is 2.64. The van der Waals surface area contributed by atoms with Crippen molar-refractivity contribution in [2.24, 2.45) is 17.9 Å². The number of aromatic nitrogens is 2. The number of hydrogen-bond donors (Lipinski definition) is 0. The molecule has 0 N–H and O–H groups in total. The number of nitrogens with zero attached hydrogens (tertiary/aromatic N) is 4. The molecule has 2 aliphatic rings. The number of amides is 1. The molecule has 1 aliphatic carbocycles. The monoisotopic (exact) mass is 388 g/mol. The van der Waals surface area contributed by atoms with E-state index in [-0.39, 0.29) is 18.1 Å². The van der Waals surface area contributed by atoms with Gasteiger partial charge in [0.25, 0.3) is 0 Å². The molecule has 1 aromatic heterocycles. The molecular formula is C23H24N4O2. The van der Waals surface area contributed by atoms with E-state index in [1.54, 1.807) is 35.8 Å². The smallest absolute Gasteiger partial charge is 0.243 e. The summed E-state index contributed by atoms with van der Waals surface area (Å²) in [4.78, 5) is 29.2. The Labute approximate surface area is 170 Å². The SMILES string of the molecule is Cn1nccc1N1CC=C2C(C)(C)C(=O)C(C)(C#N)C[C@]2(c2ccccc2)C1=O. The van der Waals surface area contributed by atoms with Gasteiger partial charge < -0.3 is 0 Å². The summed E-state index contributed by atoms with van der Waals surface area (Å²) in [5.41, 5.74) is -1.66. The van der Waals surface area contributed by atoms with E-state index in [1.807, 2.05) is 50.3 Å². The quantitative estimate of drug-likeness (QED) is 0.740. The van der Waals surface area contributed by atoms with Crippen molar-refractivity contribution in [3.8, 4) is 6.07 Å². The first kappa shape index (κ1) is 19.1. The van der Waals surface area contributed by atoms with Crippen molar-refractivity contribution in [2.45, 2.75) is 32.6 Å². The molecule has 1 saturated carbocycles. The van der Waals surface area contributed by atoms with Gasteiger partial charge in [0.05, 0.1) is 17.7 Å². The molecule has 1 amide bonds. The van der Waals surface area contributed by atoms with Crippen molar-refractivity contribution in [3.63, 3.8) is 0 Å². The highest BCUT2D eigenvalue weighted by Crippen LogP contribution is 2.58. The molecule has 1 aromatic carbocycles. The van der Waals surface area contributed by atoms with Gasteiger partial charge in [-0.15, -0.1) is 0 Å². The van der Waals surface area contributed by atoms with Crippen molar-refractivity contribution in [1.82, 2.24) is 9.78 Å². The fourth-order valence-corrected chi connectivity index (χ4v) is 5.19. The van der Waals surface area contributed by atoms with E-state index < -0.39 is 16.2 Å². The maximum Gasteiger partial charge on any atom is 0.243 e. The number of ketones is 1. The molecule has 4 rings (SSSR count). The Morgan fingerprint density at radius 2 is 1.79 bits per heavy atom. The summed E-state index contributed by atoms with van der Waals surface area (Å²) in [5.74, 6) is 0.438. The number of aryl methyl sites for hydroxylation is 1. The molecule has 2 atom stereocenters. The van der Waals surface area contributed by atoms with Crippen LogP contribution in [-0.4, -0.2) is 28.0 Å². The topological polar surface area (TPSA) is 79.0 Å². The van der Waals surface area contributed by atoms with Crippen LogP contribution in [-0.2, 0) is 22.1 Å². The first-order chi connectivity index (χ1) is 13.7. The Kier molecular flexibility index (Phi) is 4.06.